The molecule has 1 rings (SSSR count). The average Bonchev–Trinajstić information content (AvgIpc) is 2.28. The number of benzene rings is 1. The molecule has 0 radical (unpaired) electrons. The van der Waals surface area contributed by atoms with E-state index in [-0.39, 0.29) is 0 Å². The van der Waals surface area contributed by atoms with Crippen LogP contribution in [0.3, 0.4) is 0 Å². The molecule has 0 aromatic heterocycles. The van der Waals surface area contributed by atoms with Gasteiger partial charge in [0.1, 0.15) is 0 Å². The summed E-state index contributed by atoms with van der Waals surface area (Å²) in [7, 11) is 3.42. The maximum atomic E-state index is 5.92. The van der Waals surface area contributed by atoms with E-state index in [1.54, 1.807) is 20.3 Å². The fourth-order valence-corrected chi connectivity index (χ4v) is 1.46. The summed E-state index contributed by atoms with van der Waals surface area (Å²) in [6, 6.07) is 5.86. The fourth-order valence-electron chi connectivity index (χ4n) is 1.46. The lowest BCUT2D eigenvalue weighted by Gasteiger charge is -2.09. The Bertz CT molecular complexity index is 456. The van der Waals surface area contributed by atoms with Crippen molar-refractivity contribution >= 4 is 23.2 Å². The molecular formula is C13H17N3. The number of aryl methyl sites for hydroxylation is 1. The normalized spacial score (nSPS) is 12.1. The molecular weight excluding hydrogens is 198 g/mol. The standard InChI is InChI=1S/C13H17N3/c1-9-5-6-12(14)11(7-9)10(2)13(16-4)8-15-3/h5-8H,2,14H2,1,3-4H3. The van der Waals surface area contributed by atoms with Crippen LogP contribution in [0.5, 0.6) is 0 Å². The van der Waals surface area contributed by atoms with Gasteiger partial charge in [0.15, 0.2) is 0 Å². The van der Waals surface area contributed by atoms with Gasteiger partial charge in [-0.25, -0.2) is 0 Å². The number of rotatable bonds is 3. The van der Waals surface area contributed by atoms with Crippen LogP contribution >= 0.6 is 0 Å². The third-order valence-electron chi connectivity index (χ3n) is 2.34. The molecule has 16 heavy (non-hydrogen) atoms. The van der Waals surface area contributed by atoms with E-state index in [2.05, 4.69) is 16.6 Å². The monoisotopic (exact) mass is 215 g/mol. The minimum Gasteiger partial charge on any atom is -0.398 e. The summed E-state index contributed by atoms with van der Waals surface area (Å²) in [6.45, 7) is 6.04. The first kappa shape index (κ1) is 12.2. The topological polar surface area (TPSA) is 50.7 Å². The van der Waals surface area contributed by atoms with Crippen molar-refractivity contribution in [2.24, 2.45) is 9.98 Å². The van der Waals surface area contributed by atoms with Gasteiger partial charge in [0, 0.05) is 37.1 Å². The molecule has 0 saturated heterocycles. The molecule has 3 heteroatoms. The van der Waals surface area contributed by atoms with Crippen LogP contribution in [0, 0.1) is 6.92 Å². The van der Waals surface area contributed by atoms with E-state index in [1.165, 1.54) is 0 Å². The summed E-state index contributed by atoms with van der Waals surface area (Å²) in [4.78, 5) is 8.09. The Morgan fingerprint density at radius 2 is 2.06 bits per heavy atom. The number of anilines is 1. The van der Waals surface area contributed by atoms with Gasteiger partial charge < -0.3 is 5.73 Å². The molecule has 1 aromatic rings. The summed E-state index contributed by atoms with van der Waals surface area (Å²) in [6.07, 6.45) is 1.68. The first-order valence-electron chi connectivity index (χ1n) is 5.05. The molecule has 0 amide bonds. The van der Waals surface area contributed by atoms with E-state index in [0.717, 1.165) is 22.4 Å². The van der Waals surface area contributed by atoms with Crippen molar-refractivity contribution in [1.82, 2.24) is 0 Å². The lowest BCUT2D eigenvalue weighted by molar-refractivity contribution is 1.43. The SMILES string of the molecule is C=C(C(C=NC)=NC)c1cc(C)ccc1N. The Labute approximate surface area is 96.4 Å². The molecule has 0 spiro atoms. The predicted molar refractivity (Wildman–Crippen MR) is 72.4 cm³/mol. The van der Waals surface area contributed by atoms with Gasteiger partial charge >= 0.3 is 0 Å². The largest absolute Gasteiger partial charge is 0.398 e. The highest BCUT2D eigenvalue weighted by molar-refractivity contribution is 6.50. The van der Waals surface area contributed by atoms with E-state index < -0.39 is 0 Å². The molecule has 0 saturated carbocycles. The van der Waals surface area contributed by atoms with Gasteiger partial charge in [0.05, 0.1) is 5.71 Å². The lowest BCUT2D eigenvalue weighted by atomic mass is 9.99. The molecule has 2 N–H and O–H groups in total. The number of nitrogen functional groups attached to an aromatic ring is 1. The summed E-state index contributed by atoms with van der Waals surface area (Å²) in [5.41, 5.74) is 10.2. The van der Waals surface area contributed by atoms with Crippen molar-refractivity contribution in [2.45, 2.75) is 6.92 Å². The Morgan fingerprint density at radius 3 is 2.62 bits per heavy atom. The van der Waals surface area contributed by atoms with Crippen LogP contribution in [0.4, 0.5) is 5.69 Å². The zero-order valence-electron chi connectivity index (χ0n) is 9.99. The second-order valence-corrected chi connectivity index (χ2v) is 3.57. The summed E-state index contributed by atoms with van der Waals surface area (Å²) >= 11 is 0. The number of hydrogen-bond acceptors (Lipinski definition) is 3. The van der Waals surface area contributed by atoms with Crippen LogP contribution in [-0.2, 0) is 0 Å². The van der Waals surface area contributed by atoms with Crippen molar-refractivity contribution in [3.05, 3.63) is 35.9 Å². The molecule has 0 heterocycles. The minimum atomic E-state index is 0.709. The first-order chi connectivity index (χ1) is 7.60. The number of allylic oxidation sites excluding steroid dienone is 1. The van der Waals surface area contributed by atoms with Crippen LogP contribution in [0.25, 0.3) is 5.57 Å². The van der Waals surface area contributed by atoms with Crippen molar-refractivity contribution in [3.8, 4) is 0 Å². The van der Waals surface area contributed by atoms with Gasteiger partial charge in [-0.2, -0.15) is 0 Å². The quantitative estimate of drug-likeness (QED) is 0.610. The number of nitrogens with zero attached hydrogens (tertiary/aromatic N) is 2. The fraction of sp³-hybridized carbons (Fsp3) is 0.231. The molecule has 0 aliphatic heterocycles. The second kappa shape index (κ2) is 5.26. The number of aliphatic imine (C=N–C) groups is 2. The molecule has 0 unspecified atom stereocenters. The minimum absolute atomic E-state index is 0.709. The zero-order valence-corrected chi connectivity index (χ0v) is 9.99. The van der Waals surface area contributed by atoms with E-state index in [0.29, 0.717) is 5.69 Å². The Kier molecular flexibility index (Phi) is 4.00. The lowest BCUT2D eigenvalue weighted by Crippen LogP contribution is -2.05. The van der Waals surface area contributed by atoms with E-state index >= 15 is 0 Å². The van der Waals surface area contributed by atoms with Gasteiger partial charge in [-0.05, 0) is 19.1 Å². The second-order valence-electron chi connectivity index (χ2n) is 3.57. The van der Waals surface area contributed by atoms with Gasteiger partial charge in [-0.1, -0.05) is 18.2 Å². The van der Waals surface area contributed by atoms with Crippen LogP contribution in [0.1, 0.15) is 11.1 Å². The van der Waals surface area contributed by atoms with Crippen LogP contribution in [-0.4, -0.2) is 26.0 Å². The molecule has 0 atom stereocenters. The number of nitrogens with two attached hydrogens (primary N) is 1. The maximum absolute atomic E-state index is 5.92. The first-order valence-corrected chi connectivity index (χ1v) is 5.05. The van der Waals surface area contributed by atoms with Gasteiger partial charge in [-0.15, -0.1) is 0 Å². The number of hydrogen-bond donors (Lipinski definition) is 1. The van der Waals surface area contributed by atoms with E-state index in [9.17, 15) is 0 Å². The third kappa shape index (κ3) is 2.57. The maximum Gasteiger partial charge on any atom is 0.0822 e. The van der Waals surface area contributed by atoms with Crippen LogP contribution < -0.4 is 5.73 Å². The van der Waals surface area contributed by atoms with E-state index in [4.69, 9.17) is 5.73 Å². The van der Waals surface area contributed by atoms with Gasteiger partial charge in [0.2, 0.25) is 0 Å². The average molecular weight is 215 g/mol. The van der Waals surface area contributed by atoms with Crippen molar-refractivity contribution in [1.29, 1.82) is 0 Å². The molecule has 0 aliphatic rings. The summed E-state index contributed by atoms with van der Waals surface area (Å²) in [5.74, 6) is 0. The van der Waals surface area contributed by atoms with Crippen molar-refractivity contribution < 1.29 is 0 Å². The summed E-state index contributed by atoms with van der Waals surface area (Å²) in [5, 5.41) is 0. The smallest absolute Gasteiger partial charge is 0.0822 e. The van der Waals surface area contributed by atoms with Crippen molar-refractivity contribution in [3.63, 3.8) is 0 Å². The van der Waals surface area contributed by atoms with E-state index in [1.807, 2.05) is 25.1 Å². The molecule has 0 fully saturated rings. The van der Waals surface area contributed by atoms with Gasteiger partial charge in [-0.3, -0.25) is 9.98 Å². The highest BCUT2D eigenvalue weighted by Crippen LogP contribution is 2.22. The molecule has 1 aromatic carbocycles. The van der Waals surface area contributed by atoms with Crippen LogP contribution in [0.2, 0.25) is 0 Å². The summed E-state index contributed by atoms with van der Waals surface area (Å²) < 4.78 is 0. The third-order valence-corrected chi connectivity index (χ3v) is 2.34. The highest BCUT2D eigenvalue weighted by atomic mass is 14.7. The Morgan fingerprint density at radius 1 is 1.38 bits per heavy atom. The Hall–Kier alpha value is -1.90. The van der Waals surface area contributed by atoms with Gasteiger partial charge in [0.25, 0.3) is 0 Å². The molecule has 3 nitrogen and oxygen atoms in total. The zero-order chi connectivity index (χ0) is 12.1. The predicted octanol–water partition coefficient (Wildman–Crippen LogP) is 2.36. The molecule has 84 valence electrons. The highest BCUT2D eigenvalue weighted by Gasteiger charge is 2.08. The van der Waals surface area contributed by atoms with Crippen LogP contribution in [0.15, 0.2) is 34.8 Å². The molecule has 0 aliphatic carbocycles. The van der Waals surface area contributed by atoms with Crippen molar-refractivity contribution in [2.75, 3.05) is 19.8 Å². The Balaban J connectivity index is 3.18. The molecule has 0 bridgehead atoms.